The first-order chi connectivity index (χ1) is 15.0. The Morgan fingerprint density at radius 2 is 1.81 bits per heavy atom. The van der Waals surface area contributed by atoms with E-state index in [0.717, 1.165) is 28.1 Å². The molecule has 4 aromatic rings. The molecule has 31 heavy (non-hydrogen) atoms. The van der Waals surface area contributed by atoms with Crippen LogP contribution >= 0.6 is 0 Å². The number of benzene rings is 2. The fraction of sp³-hybridized carbons (Fsp3) is 0.182. The van der Waals surface area contributed by atoms with Gasteiger partial charge in [-0.15, -0.1) is 10.2 Å². The molecule has 0 radical (unpaired) electrons. The summed E-state index contributed by atoms with van der Waals surface area (Å²) in [4.78, 5) is 13.9. The molecule has 0 atom stereocenters. The highest BCUT2D eigenvalue weighted by molar-refractivity contribution is 5.95. The average molecular weight is 414 g/mol. The minimum Gasteiger partial charge on any atom is -0.272 e. The van der Waals surface area contributed by atoms with Gasteiger partial charge < -0.3 is 0 Å². The molecule has 0 spiro atoms. The predicted molar refractivity (Wildman–Crippen MR) is 117 cm³/mol. The Morgan fingerprint density at radius 3 is 2.48 bits per heavy atom. The maximum absolute atomic E-state index is 12.4. The van der Waals surface area contributed by atoms with Crippen LogP contribution in [-0.4, -0.2) is 42.1 Å². The van der Waals surface area contributed by atoms with Crippen LogP contribution in [0.2, 0.25) is 0 Å². The zero-order valence-corrected chi connectivity index (χ0v) is 17.5. The first kappa shape index (κ1) is 20.1. The van der Waals surface area contributed by atoms with Crippen molar-refractivity contribution in [3.8, 4) is 11.4 Å². The lowest BCUT2D eigenvalue weighted by Gasteiger charge is -2.03. The molecular weight excluding hydrogens is 392 g/mol. The molecule has 0 bridgehead atoms. The van der Waals surface area contributed by atoms with E-state index in [0.29, 0.717) is 17.9 Å². The van der Waals surface area contributed by atoms with Gasteiger partial charge in [-0.05, 0) is 36.8 Å². The van der Waals surface area contributed by atoms with Crippen LogP contribution in [0.4, 0.5) is 0 Å². The summed E-state index contributed by atoms with van der Waals surface area (Å²) in [6, 6.07) is 16.9. The van der Waals surface area contributed by atoms with Gasteiger partial charge in [0, 0.05) is 29.4 Å². The molecule has 0 aliphatic rings. The maximum Gasteiger partial charge on any atom is 0.271 e. The van der Waals surface area contributed by atoms with Crippen molar-refractivity contribution in [1.29, 1.82) is 0 Å². The molecule has 156 valence electrons. The lowest BCUT2D eigenvalue weighted by molar-refractivity contribution is 0.0955. The number of tetrazole rings is 1. The van der Waals surface area contributed by atoms with Gasteiger partial charge in [0.1, 0.15) is 0 Å². The van der Waals surface area contributed by atoms with Crippen molar-refractivity contribution in [2.24, 2.45) is 12.1 Å². The largest absolute Gasteiger partial charge is 0.272 e. The maximum atomic E-state index is 12.4. The van der Waals surface area contributed by atoms with E-state index < -0.39 is 0 Å². The monoisotopic (exact) mass is 414 g/mol. The molecule has 2 aromatic carbocycles. The van der Waals surface area contributed by atoms with E-state index in [2.05, 4.69) is 31.0 Å². The second kappa shape index (κ2) is 8.70. The number of nitrogens with one attached hydrogen (secondary N) is 1. The molecule has 0 saturated carbocycles. The summed E-state index contributed by atoms with van der Waals surface area (Å²) < 4.78 is 1.78. The molecule has 1 N–H and O–H groups in total. The number of hydrazone groups is 1. The highest BCUT2D eigenvalue weighted by Crippen LogP contribution is 2.13. The number of nitrogens with zero attached hydrogens (tertiary/aromatic N) is 7. The van der Waals surface area contributed by atoms with Crippen molar-refractivity contribution in [2.45, 2.75) is 20.4 Å². The van der Waals surface area contributed by atoms with Gasteiger partial charge in [-0.2, -0.15) is 15.0 Å². The third-order valence-corrected chi connectivity index (χ3v) is 4.95. The van der Waals surface area contributed by atoms with E-state index in [-0.39, 0.29) is 5.91 Å². The highest BCUT2D eigenvalue weighted by Gasteiger charge is 2.09. The number of carbonyl (C=O) groups is 1. The van der Waals surface area contributed by atoms with Gasteiger partial charge in [0.25, 0.3) is 5.91 Å². The van der Waals surface area contributed by atoms with Crippen LogP contribution in [0.25, 0.3) is 11.4 Å². The zero-order valence-electron chi connectivity index (χ0n) is 17.5. The fourth-order valence-corrected chi connectivity index (χ4v) is 3.13. The van der Waals surface area contributed by atoms with Gasteiger partial charge in [-0.25, -0.2) is 5.43 Å². The second-order valence-corrected chi connectivity index (χ2v) is 7.11. The zero-order chi connectivity index (χ0) is 21.8. The third kappa shape index (κ3) is 4.55. The van der Waals surface area contributed by atoms with Crippen molar-refractivity contribution in [1.82, 2.24) is 35.4 Å². The minimum atomic E-state index is -0.285. The van der Waals surface area contributed by atoms with E-state index in [1.54, 1.807) is 23.0 Å². The minimum absolute atomic E-state index is 0.285. The van der Waals surface area contributed by atoms with Gasteiger partial charge >= 0.3 is 0 Å². The molecule has 9 heteroatoms. The first-order valence-corrected chi connectivity index (χ1v) is 9.77. The molecule has 0 aliphatic carbocycles. The van der Waals surface area contributed by atoms with Crippen LogP contribution < -0.4 is 5.43 Å². The van der Waals surface area contributed by atoms with Gasteiger partial charge in [-0.1, -0.05) is 42.5 Å². The lowest BCUT2D eigenvalue weighted by Crippen LogP contribution is -2.17. The van der Waals surface area contributed by atoms with Crippen molar-refractivity contribution in [2.75, 3.05) is 0 Å². The molecule has 0 saturated heterocycles. The summed E-state index contributed by atoms with van der Waals surface area (Å²) >= 11 is 0. The molecule has 0 fully saturated rings. The fourth-order valence-electron chi connectivity index (χ4n) is 3.13. The summed E-state index contributed by atoms with van der Waals surface area (Å²) in [5.41, 5.74) is 7.68. The van der Waals surface area contributed by atoms with Crippen molar-refractivity contribution >= 4 is 12.1 Å². The molecule has 4 rings (SSSR count). The number of amides is 1. The third-order valence-electron chi connectivity index (χ3n) is 4.95. The van der Waals surface area contributed by atoms with Crippen LogP contribution in [0.15, 0.2) is 59.7 Å². The Kier molecular flexibility index (Phi) is 5.65. The van der Waals surface area contributed by atoms with Crippen molar-refractivity contribution in [3.63, 3.8) is 0 Å². The predicted octanol–water partition coefficient (Wildman–Crippen LogP) is 2.50. The smallest absolute Gasteiger partial charge is 0.271 e. The van der Waals surface area contributed by atoms with Crippen LogP contribution in [0, 0.1) is 13.8 Å². The van der Waals surface area contributed by atoms with Crippen molar-refractivity contribution in [3.05, 3.63) is 82.7 Å². The van der Waals surface area contributed by atoms with E-state index >= 15 is 0 Å². The number of aromatic nitrogens is 6. The Balaban J connectivity index is 1.37. The van der Waals surface area contributed by atoms with Gasteiger partial charge in [0.15, 0.2) is 0 Å². The standard InChI is InChI=1S/C22H22N8O/c1-15-20(16(2)29(3)26-15)13-23-25-22(31)19-11-9-17(10-12-19)14-30-27-21(24-28-30)18-7-5-4-6-8-18/h4-13H,14H2,1-3H3,(H,25,31)/b23-13+. The summed E-state index contributed by atoms with van der Waals surface area (Å²) in [7, 11) is 1.87. The molecular formula is C22H22N8O. The number of hydrogen-bond donors (Lipinski definition) is 1. The number of aryl methyl sites for hydroxylation is 2. The molecule has 0 unspecified atom stereocenters. The average Bonchev–Trinajstić information content (AvgIpc) is 3.34. The first-order valence-electron chi connectivity index (χ1n) is 9.77. The van der Waals surface area contributed by atoms with E-state index in [9.17, 15) is 4.79 Å². The molecule has 1 amide bonds. The van der Waals surface area contributed by atoms with Gasteiger partial charge in [0.2, 0.25) is 5.82 Å². The van der Waals surface area contributed by atoms with Gasteiger partial charge in [0.05, 0.1) is 18.5 Å². The van der Waals surface area contributed by atoms with Crippen LogP contribution in [-0.2, 0) is 13.6 Å². The molecule has 2 aromatic heterocycles. The number of hydrogen-bond acceptors (Lipinski definition) is 6. The Bertz CT molecular complexity index is 1220. The quantitative estimate of drug-likeness (QED) is 0.386. The summed E-state index contributed by atoms with van der Waals surface area (Å²) in [6.45, 7) is 4.32. The van der Waals surface area contributed by atoms with Crippen LogP contribution in [0.3, 0.4) is 0 Å². The van der Waals surface area contributed by atoms with E-state index in [4.69, 9.17) is 0 Å². The van der Waals surface area contributed by atoms with E-state index in [1.807, 2.05) is 63.4 Å². The Morgan fingerprint density at radius 1 is 1.06 bits per heavy atom. The van der Waals surface area contributed by atoms with Gasteiger partial charge in [-0.3, -0.25) is 9.48 Å². The second-order valence-electron chi connectivity index (χ2n) is 7.11. The Hall–Kier alpha value is -4.14. The summed E-state index contributed by atoms with van der Waals surface area (Å²) in [5, 5.41) is 21.0. The van der Waals surface area contributed by atoms with Crippen LogP contribution in [0.1, 0.15) is 32.9 Å². The molecule has 0 aliphatic heterocycles. The normalized spacial score (nSPS) is 11.2. The summed E-state index contributed by atoms with van der Waals surface area (Å²) in [5.74, 6) is 0.292. The lowest BCUT2D eigenvalue weighted by atomic mass is 10.1. The van der Waals surface area contributed by atoms with Crippen LogP contribution in [0.5, 0.6) is 0 Å². The SMILES string of the molecule is Cc1nn(C)c(C)c1/C=N/NC(=O)c1ccc(Cn2nnc(-c3ccccc3)n2)cc1. The van der Waals surface area contributed by atoms with Crippen molar-refractivity contribution < 1.29 is 4.79 Å². The number of carbonyl (C=O) groups excluding carboxylic acids is 1. The summed E-state index contributed by atoms with van der Waals surface area (Å²) in [6.07, 6.45) is 1.62. The topological polar surface area (TPSA) is 103 Å². The highest BCUT2D eigenvalue weighted by atomic mass is 16.2. The Labute approximate surface area is 179 Å². The molecule has 9 nitrogen and oxygen atoms in total. The number of rotatable bonds is 6. The molecule has 2 heterocycles. The van der Waals surface area contributed by atoms with E-state index in [1.165, 1.54) is 4.80 Å².